The summed E-state index contributed by atoms with van der Waals surface area (Å²) in [7, 11) is 0. The number of urea groups is 1. The number of rotatable bonds is 4. The molecule has 1 unspecified atom stereocenters. The zero-order valence-corrected chi connectivity index (χ0v) is 13.4. The first-order valence-electron chi connectivity index (χ1n) is 7.24. The highest BCUT2D eigenvalue weighted by Crippen LogP contribution is 2.18. The van der Waals surface area contributed by atoms with Crippen LogP contribution in [0.3, 0.4) is 0 Å². The maximum atomic E-state index is 12.2. The highest BCUT2D eigenvalue weighted by atomic mass is 35.5. The third kappa shape index (κ3) is 5.20. The molecule has 1 heterocycles. The Hall–Kier alpha value is -1.79. The fourth-order valence-corrected chi connectivity index (χ4v) is 2.50. The van der Waals surface area contributed by atoms with Crippen LogP contribution in [0.2, 0.25) is 0 Å². The summed E-state index contributed by atoms with van der Waals surface area (Å²) < 4.78 is 0. The van der Waals surface area contributed by atoms with Crippen LogP contribution in [0.4, 0.5) is 10.5 Å². The van der Waals surface area contributed by atoms with E-state index in [9.17, 15) is 9.59 Å². The molecular weight excluding hydrogens is 304 g/mol. The summed E-state index contributed by atoms with van der Waals surface area (Å²) in [6.07, 6.45) is 1.78. The number of benzene rings is 1. The van der Waals surface area contributed by atoms with Gasteiger partial charge in [0.1, 0.15) is 0 Å². The normalized spacial score (nSPS) is 16.2. The van der Waals surface area contributed by atoms with Crippen molar-refractivity contribution in [2.45, 2.75) is 25.8 Å². The molecule has 5 N–H and O–H groups in total. The molecule has 1 saturated heterocycles. The molecule has 1 aromatic rings. The molecule has 0 spiro atoms. The smallest absolute Gasteiger partial charge is 0.316 e. The zero-order valence-electron chi connectivity index (χ0n) is 12.6. The van der Waals surface area contributed by atoms with E-state index < -0.39 is 6.03 Å². The van der Waals surface area contributed by atoms with Crippen molar-refractivity contribution in [3.05, 3.63) is 29.8 Å². The number of primary amides is 1. The Balaban J connectivity index is 0.00000242. The maximum Gasteiger partial charge on any atom is 0.316 e. The van der Waals surface area contributed by atoms with Crippen LogP contribution in [0, 0.1) is 5.92 Å². The van der Waals surface area contributed by atoms with Gasteiger partial charge < -0.3 is 21.7 Å². The van der Waals surface area contributed by atoms with Gasteiger partial charge in [0.05, 0.1) is 6.04 Å². The Morgan fingerprint density at radius 3 is 2.36 bits per heavy atom. The van der Waals surface area contributed by atoms with Gasteiger partial charge in [0, 0.05) is 11.6 Å². The van der Waals surface area contributed by atoms with Crippen LogP contribution in [0.25, 0.3) is 0 Å². The summed E-state index contributed by atoms with van der Waals surface area (Å²) in [5, 5.41) is 8.81. The van der Waals surface area contributed by atoms with Crippen LogP contribution >= 0.6 is 12.4 Å². The third-order valence-electron chi connectivity index (χ3n) is 3.75. The Bertz CT molecular complexity index is 501. The standard InChI is InChI=1S/C15H22N4O2.ClH/c1-10(18-14(20)12-6-8-17-9-7-12)11-2-4-13(5-3-11)19-15(16)21;/h2-5,10,12,17H,6-9H2,1H3,(H,18,20)(H3,16,19,21);1H. The van der Waals surface area contributed by atoms with Gasteiger partial charge in [-0.1, -0.05) is 12.1 Å². The number of halogens is 1. The average Bonchev–Trinajstić information content (AvgIpc) is 2.48. The van der Waals surface area contributed by atoms with Gasteiger partial charge in [0.2, 0.25) is 5.91 Å². The van der Waals surface area contributed by atoms with Gasteiger partial charge in [-0.2, -0.15) is 0 Å². The number of nitrogens with one attached hydrogen (secondary N) is 3. The minimum Gasteiger partial charge on any atom is -0.351 e. The Kier molecular flexibility index (Phi) is 7.14. The van der Waals surface area contributed by atoms with Crippen LogP contribution in [-0.2, 0) is 4.79 Å². The average molecular weight is 327 g/mol. The van der Waals surface area contributed by atoms with Crippen molar-refractivity contribution in [1.29, 1.82) is 0 Å². The second-order valence-electron chi connectivity index (χ2n) is 5.37. The SMILES string of the molecule is CC(NC(=O)C1CCNCC1)c1ccc(NC(N)=O)cc1.Cl. The number of carbonyl (C=O) groups is 2. The first kappa shape index (κ1) is 18.3. The summed E-state index contributed by atoms with van der Waals surface area (Å²) >= 11 is 0. The summed E-state index contributed by atoms with van der Waals surface area (Å²) in [6.45, 7) is 3.76. The van der Waals surface area contributed by atoms with Crippen molar-refractivity contribution in [3.8, 4) is 0 Å². The van der Waals surface area contributed by atoms with E-state index in [1.54, 1.807) is 12.1 Å². The lowest BCUT2D eigenvalue weighted by atomic mass is 9.96. The zero-order chi connectivity index (χ0) is 15.2. The number of anilines is 1. The van der Waals surface area contributed by atoms with Gasteiger partial charge in [-0.3, -0.25) is 4.79 Å². The molecule has 22 heavy (non-hydrogen) atoms. The first-order chi connectivity index (χ1) is 10.1. The van der Waals surface area contributed by atoms with Crippen molar-refractivity contribution in [1.82, 2.24) is 10.6 Å². The minimum absolute atomic E-state index is 0. The van der Waals surface area contributed by atoms with E-state index in [2.05, 4.69) is 16.0 Å². The van der Waals surface area contributed by atoms with Crippen molar-refractivity contribution in [2.24, 2.45) is 11.7 Å². The van der Waals surface area contributed by atoms with E-state index >= 15 is 0 Å². The van der Waals surface area contributed by atoms with Crippen LogP contribution in [0.5, 0.6) is 0 Å². The Morgan fingerprint density at radius 1 is 1.23 bits per heavy atom. The molecule has 0 bridgehead atoms. The van der Waals surface area contributed by atoms with Crippen molar-refractivity contribution in [3.63, 3.8) is 0 Å². The fourth-order valence-electron chi connectivity index (χ4n) is 2.50. The van der Waals surface area contributed by atoms with E-state index in [-0.39, 0.29) is 30.3 Å². The second kappa shape index (κ2) is 8.60. The lowest BCUT2D eigenvalue weighted by Gasteiger charge is -2.24. The molecule has 6 nitrogen and oxygen atoms in total. The largest absolute Gasteiger partial charge is 0.351 e. The molecule has 0 aliphatic carbocycles. The van der Waals surface area contributed by atoms with Crippen LogP contribution in [0.1, 0.15) is 31.4 Å². The second-order valence-corrected chi connectivity index (χ2v) is 5.37. The predicted molar refractivity (Wildman–Crippen MR) is 89.0 cm³/mol. The number of nitrogens with two attached hydrogens (primary N) is 1. The van der Waals surface area contributed by atoms with Crippen LogP contribution in [0.15, 0.2) is 24.3 Å². The Morgan fingerprint density at radius 2 is 1.82 bits per heavy atom. The summed E-state index contributed by atoms with van der Waals surface area (Å²) in [4.78, 5) is 22.9. The summed E-state index contributed by atoms with van der Waals surface area (Å²) in [5.74, 6) is 0.216. The minimum atomic E-state index is -0.588. The first-order valence-corrected chi connectivity index (χ1v) is 7.24. The molecule has 7 heteroatoms. The summed E-state index contributed by atoms with van der Waals surface area (Å²) in [6, 6.07) is 6.64. The van der Waals surface area contributed by atoms with Crippen molar-refractivity contribution >= 4 is 30.0 Å². The molecule has 2 rings (SSSR count). The molecule has 0 radical (unpaired) electrons. The number of amides is 3. The highest BCUT2D eigenvalue weighted by molar-refractivity contribution is 5.87. The van der Waals surface area contributed by atoms with Gasteiger partial charge in [0.25, 0.3) is 0 Å². The molecule has 1 atom stereocenters. The fraction of sp³-hybridized carbons (Fsp3) is 0.467. The quantitative estimate of drug-likeness (QED) is 0.679. The molecule has 0 aromatic heterocycles. The van der Waals surface area contributed by atoms with Crippen LogP contribution in [-0.4, -0.2) is 25.0 Å². The molecule has 1 aliphatic heterocycles. The van der Waals surface area contributed by atoms with Crippen molar-refractivity contribution in [2.75, 3.05) is 18.4 Å². The van der Waals surface area contributed by atoms with Gasteiger partial charge in [-0.25, -0.2) is 4.79 Å². The predicted octanol–water partition coefficient (Wildman–Crippen LogP) is 1.78. The molecular formula is C15H23ClN4O2. The Labute approximate surface area is 136 Å². The van der Waals surface area contributed by atoms with E-state index in [4.69, 9.17) is 5.73 Å². The monoisotopic (exact) mass is 326 g/mol. The molecule has 1 aromatic carbocycles. The molecule has 1 fully saturated rings. The van der Waals surface area contributed by atoms with Crippen LogP contribution < -0.4 is 21.7 Å². The molecule has 1 aliphatic rings. The maximum absolute atomic E-state index is 12.2. The van der Waals surface area contributed by atoms with E-state index in [0.29, 0.717) is 5.69 Å². The number of hydrogen-bond acceptors (Lipinski definition) is 3. The van der Waals surface area contributed by atoms with E-state index in [0.717, 1.165) is 31.5 Å². The summed E-state index contributed by atoms with van der Waals surface area (Å²) in [5.41, 5.74) is 6.69. The highest BCUT2D eigenvalue weighted by Gasteiger charge is 2.22. The molecule has 0 saturated carbocycles. The van der Waals surface area contributed by atoms with Gasteiger partial charge in [-0.15, -0.1) is 12.4 Å². The number of hydrogen-bond donors (Lipinski definition) is 4. The van der Waals surface area contributed by atoms with E-state index in [1.807, 2.05) is 19.1 Å². The number of carbonyl (C=O) groups excluding carboxylic acids is 2. The lowest BCUT2D eigenvalue weighted by Crippen LogP contribution is -2.39. The molecule has 3 amide bonds. The van der Waals surface area contributed by atoms with E-state index in [1.165, 1.54) is 0 Å². The molecule has 122 valence electrons. The number of piperidine rings is 1. The third-order valence-corrected chi connectivity index (χ3v) is 3.75. The lowest BCUT2D eigenvalue weighted by molar-refractivity contribution is -0.126. The van der Waals surface area contributed by atoms with Gasteiger partial charge in [-0.05, 0) is 50.6 Å². The van der Waals surface area contributed by atoms with Gasteiger partial charge in [0.15, 0.2) is 0 Å². The topological polar surface area (TPSA) is 96.2 Å². The van der Waals surface area contributed by atoms with Crippen molar-refractivity contribution < 1.29 is 9.59 Å². The van der Waals surface area contributed by atoms with Gasteiger partial charge >= 0.3 is 6.03 Å².